The van der Waals surface area contributed by atoms with Crippen LogP contribution in [0.3, 0.4) is 0 Å². The summed E-state index contributed by atoms with van der Waals surface area (Å²) in [5.74, 6) is 0. The van der Waals surface area contributed by atoms with Crippen LogP contribution in [0, 0.1) is 0 Å². The molecule has 2 aromatic rings. The zero-order valence-electron chi connectivity index (χ0n) is 10.5. The molecule has 0 fully saturated rings. The van der Waals surface area contributed by atoms with Gasteiger partial charge in [0, 0.05) is 0 Å². The predicted molar refractivity (Wildman–Crippen MR) is 121 cm³/mol. The van der Waals surface area contributed by atoms with Crippen LogP contribution in [0.4, 0.5) is 0 Å². The number of alkyl halides is 4. The Morgan fingerprint density at radius 2 is 0.905 bits per heavy atom. The third kappa shape index (κ3) is 3.55. The van der Waals surface area contributed by atoms with E-state index in [4.69, 9.17) is 0 Å². The Labute approximate surface area is 179 Å². The highest BCUT2D eigenvalue weighted by Crippen LogP contribution is 2.57. The standard InChI is InChI=1S/C14H10I4O2S/c15-13(16,11-7-3-1-4-8-11)21(19,20)14(17,18)12-9-5-2-6-10-12/h1-10H. The van der Waals surface area contributed by atoms with E-state index in [1.807, 2.05) is 151 Å². The summed E-state index contributed by atoms with van der Waals surface area (Å²) < 4.78 is 24.4. The molecule has 0 aromatic heterocycles. The van der Waals surface area contributed by atoms with Gasteiger partial charge in [-0.15, -0.1) is 0 Å². The number of halogens is 4. The van der Waals surface area contributed by atoms with Crippen molar-refractivity contribution < 1.29 is 8.42 Å². The summed E-state index contributed by atoms with van der Waals surface area (Å²) in [7, 11) is -3.50. The first kappa shape index (κ1) is 18.6. The molecule has 0 unspecified atom stereocenters. The first-order valence-electron chi connectivity index (χ1n) is 5.82. The van der Waals surface area contributed by atoms with Crippen molar-refractivity contribution >= 4 is 100 Å². The summed E-state index contributed by atoms with van der Waals surface area (Å²) in [6.45, 7) is 0. The van der Waals surface area contributed by atoms with Gasteiger partial charge in [0.1, 0.15) is 0 Å². The van der Waals surface area contributed by atoms with Crippen molar-refractivity contribution in [3.63, 3.8) is 0 Å². The van der Waals surface area contributed by atoms with Crippen LogP contribution in [0.1, 0.15) is 11.1 Å². The molecule has 0 atom stereocenters. The normalized spacial score (nSPS) is 13.1. The number of benzene rings is 2. The molecule has 0 aliphatic carbocycles. The van der Waals surface area contributed by atoms with E-state index in [-0.39, 0.29) is 0 Å². The second-order valence-electron chi connectivity index (χ2n) is 4.27. The van der Waals surface area contributed by atoms with Crippen molar-refractivity contribution in [3.8, 4) is 0 Å². The second kappa shape index (κ2) is 7.05. The van der Waals surface area contributed by atoms with Crippen LogP contribution in [-0.4, -0.2) is 8.42 Å². The highest BCUT2D eigenvalue weighted by atomic mass is 127. The molecule has 21 heavy (non-hydrogen) atoms. The Kier molecular flexibility index (Phi) is 6.26. The Hall–Kier alpha value is 1.31. The average molecular weight is 750 g/mol. The van der Waals surface area contributed by atoms with Crippen molar-refractivity contribution in [3.05, 3.63) is 71.8 Å². The highest BCUT2D eigenvalue weighted by Gasteiger charge is 2.53. The Bertz CT molecular complexity index is 656. The monoisotopic (exact) mass is 750 g/mol. The molecule has 112 valence electrons. The Morgan fingerprint density at radius 3 is 1.19 bits per heavy atom. The maximum Gasteiger partial charge on any atom is 0.207 e. The molecule has 0 bridgehead atoms. The smallest absolute Gasteiger partial charge is 0.207 e. The van der Waals surface area contributed by atoms with E-state index >= 15 is 0 Å². The molecule has 0 aliphatic rings. The summed E-state index contributed by atoms with van der Waals surface area (Å²) in [5, 5.41) is 0. The summed E-state index contributed by atoms with van der Waals surface area (Å²) in [6.07, 6.45) is 0. The van der Waals surface area contributed by atoms with Gasteiger partial charge in [-0.3, -0.25) is 0 Å². The summed E-state index contributed by atoms with van der Waals surface area (Å²) in [6, 6.07) is 18.6. The fourth-order valence-electron chi connectivity index (χ4n) is 1.74. The Balaban J connectivity index is 2.56. The van der Waals surface area contributed by atoms with Crippen molar-refractivity contribution in [2.24, 2.45) is 0 Å². The average Bonchev–Trinajstić information content (AvgIpc) is 2.48. The fourth-order valence-corrected chi connectivity index (χ4v) is 13.4. The molecule has 2 aromatic carbocycles. The van der Waals surface area contributed by atoms with Gasteiger partial charge in [0.2, 0.25) is 11.4 Å². The highest BCUT2D eigenvalue weighted by molar-refractivity contribution is 14.2. The molecular formula is C14H10I4O2S. The van der Waals surface area contributed by atoms with Crippen LogP contribution < -0.4 is 0 Å². The van der Waals surface area contributed by atoms with Gasteiger partial charge in [0.15, 0.2) is 0 Å². The molecule has 7 heteroatoms. The van der Waals surface area contributed by atoms with Gasteiger partial charge in [-0.2, -0.15) is 0 Å². The molecule has 0 amide bonds. The summed E-state index contributed by atoms with van der Waals surface area (Å²) in [4.78, 5) is 0. The number of sulfone groups is 1. The van der Waals surface area contributed by atoms with Crippen molar-refractivity contribution in [1.82, 2.24) is 0 Å². The largest absolute Gasteiger partial charge is 0.224 e. The van der Waals surface area contributed by atoms with E-state index in [0.29, 0.717) is 0 Å². The van der Waals surface area contributed by atoms with Gasteiger partial charge in [0.25, 0.3) is 0 Å². The zero-order chi connectivity index (χ0) is 15.7. The van der Waals surface area contributed by atoms with E-state index in [9.17, 15) is 8.42 Å². The maximum absolute atomic E-state index is 13.2. The molecule has 0 radical (unpaired) electrons. The molecule has 0 spiro atoms. The van der Waals surface area contributed by atoms with Crippen LogP contribution in [0.15, 0.2) is 60.7 Å². The predicted octanol–water partition coefficient (Wildman–Crippen LogP) is 5.76. The summed E-state index contributed by atoms with van der Waals surface area (Å²) >= 11 is 8.10. The lowest BCUT2D eigenvalue weighted by Crippen LogP contribution is -2.34. The van der Waals surface area contributed by atoms with Gasteiger partial charge in [-0.05, 0) is 101 Å². The van der Waals surface area contributed by atoms with Gasteiger partial charge in [0.05, 0.1) is 0 Å². The second-order valence-corrected chi connectivity index (χ2v) is 20.0. The van der Waals surface area contributed by atoms with E-state index in [2.05, 4.69) is 0 Å². The zero-order valence-corrected chi connectivity index (χ0v) is 20.0. The van der Waals surface area contributed by atoms with E-state index in [1.165, 1.54) is 0 Å². The minimum Gasteiger partial charge on any atom is -0.224 e. The number of hydrogen-bond acceptors (Lipinski definition) is 2. The molecule has 0 aliphatic heterocycles. The fraction of sp³-hybridized carbons (Fsp3) is 0.143. The molecular weight excluding hydrogens is 740 g/mol. The van der Waals surface area contributed by atoms with E-state index in [1.54, 1.807) is 0 Å². The summed E-state index contributed by atoms with van der Waals surface area (Å²) in [5.41, 5.74) is 1.56. The van der Waals surface area contributed by atoms with Gasteiger partial charge in [-0.1, -0.05) is 60.7 Å². The molecule has 0 heterocycles. The topological polar surface area (TPSA) is 34.1 Å². The molecule has 0 saturated heterocycles. The van der Waals surface area contributed by atoms with Crippen LogP contribution in [0.25, 0.3) is 0 Å². The minimum absolute atomic E-state index is 0.778. The third-order valence-corrected chi connectivity index (χ3v) is 14.2. The van der Waals surface area contributed by atoms with Crippen molar-refractivity contribution in [2.45, 2.75) is 1.52 Å². The maximum atomic E-state index is 13.2. The van der Waals surface area contributed by atoms with Gasteiger partial charge >= 0.3 is 0 Å². The lowest BCUT2D eigenvalue weighted by atomic mass is 10.2. The van der Waals surface area contributed by atoms with Crippen molar-refractivity contribution in [1.29, 1.82) is 0 Å². The van der Waals surface area contributed by atoms with Gasteiger partial charge < -0.3 is 0 Å². The first-order chi connectivity index (χ1) is 9.71. The van der Waals surface area contributed by atoms with Crippen LogP contribution in [-0.2, 0) is 11.4 Å². The SMILES string of the molecule is O=S(=O)(C(I)(I)c1ccccc1)C(I)(I)c1ccccc1. The number of hydrogen-bond donors (Lipinski definition) is 0. The Morgan fingerprint density at radius 1 is 0.619 bits per heavy atom. The van der Waals surface area contributed by atoms with Crippen LogP contribution in [0.5, 0.6) is 0 Å². The molecule has 0 saturated carbocycles. The quantitative estimate of drug-likeness (QED) is 0.295. The van der Waals surface area contributed by atoms with Crippen LogP contribution in [0.2, 0.25) is 0 Å². The molecule has 0 N–H and O–H groups in total. The van der Waals surface area contributed by atoms with E-state index < -0.39 is 11.4 Å². The van der Waals surface area contributed by atoms with E-state index in [0.717, 1.165) is 11.1 Å². The van der Waals surface area contributed by atoms with Crippen LogP contribution >= 0.6 is 90.4 Å². The lowest BCUT2D eigenvalue weighted by Gasteiger charge is -2.30. The van der Waals surface area contributed by atoms with Crippen molar-refractivity contribution in [2.75, 3.05) is 0 Å². The molecule has 2 rings (SSSR count). The lowest BCUT2D eigenvalue weighted by molar-refractivity contribution is 0.592. The van der Waals surface area contributed by atoms with Gasteiger partial charge in [-0.25, -0.2) is 8.42 Å². The molecule has 2 nitrogen and oxygen atoms in total. The first-order valence-corrected chi connectivity index (χ1v) is 11.6. The number of rotatable bonds is 4. The minimum atomic E-state index is -3.50. The third-order valence-electron chi connectivity index (χ3n) is 2.89.